The van der Waals surface area contributed by atoms with Gasteiger partial charge in [0.2, 0.25) is 11.8 Å². The fourth-order valence-corrected chi connectivity index (χ4v) is 1.85. The van der Waals surface area contributed by atoms with Crippen LogP contribution >= 0.6 is 0 Å². The van der Waals surface area contributed by atoms with Crippen molar-refractivity contribution in [2.45, 2.75) is 6.92 Å². The highest BCUT2D eigenvalue weighted by Gasteiger charge is 2.09. The number of aromatic nitrogens is 1. The third kappa shape index (κ3) is 4.84. The molecule has 1 fully saturated rings. The van der Waals surface area contributed by atoms with Gasteiger partial charge in [0.15, 0.2) is 0 Å². The number of carbonyl (C=O) groups is 1. The summed E-state index contributed by atoms with van der Waals surface area (Å²) in [7, 11) is 0. The number of nitrogens with one attached hydrogen (secondary N) is 1. The third-order valence-corrected chi connectivity index (χ3v) is 2.82. The van der Waals surface area contributed by atoms with Crippen molar-refractivity contribution in [1.29, 1.82) is 0 Å². The first-order chi connectivity index (χ1) is 9.24. The average molecular weight is 265 g/mol. The Hall–Kier alpha value is -1.66. The topological polar surface area (TPSA) is 63.7 Å². The molecule has 0 radical (unpaired) electrons. The van der Waals surface area contributed by atoms with Gasteiger partial charge in [-0.25, -0.2) is 4.98 Å². The van der Waals surface area contributed by atoms with Crippen LogP contribution in [0.3, 0.4) is 0 Å². The van der Waals surface area contributed by atoms with E-state index in [0.717, 1.165) is 32.8 Å². The van der Waals surface area contributed by atoms with Crippen LogP contribution in [-0.4, -0.2) is 55.2 Å². The number of carbonyl (C=O) groups excluding carboxylic acids is 1. The summed E-state index contributed by atoms with van der Waals surface area (Å²) in [6.45, 7) is 6.45. The van der Waals surface area contributed by atoms with Crippen LogP contribution in [0.5, 0.6) is 5.88 Å². The van der Waals surface area contributed by atoms with E-state index in [2.05, 4.69) is 15.2 Å². The maximum absolute atomic E-state index is 10.9. The van der Waals surface area contributed by atoms with E-state index >= 15 is 0 Å². The van der Waals surface area contributed by atoms with E-state index in [0.29, 0.717) is 18.2 Å². The molecule has 0 atom stereocenters. The van der Waals surface area contributed by atoms with Gasteiger partial charge in [-0.15, -0.1) is 0 Å². The van der Waals surface area contributed by atoms with Crippen molar-refractivity contribution in [3.63, 3.8) is 0 Å². The van der Waals surface area contributed by atoms with E-state index in [1.54, 1.807) is 18.3 Å². The first-order valence-electron chi connectivity index (χ1n) is 6.40. The first-order valence-corrected chi connectivity index (χ1v) is 6.40. The number of rotatable bonds is 5. The normalized spacial score (nSPS) is 16.1. The van der Waals surface area contributed by atoms with E-state index in [4.69, 9.17) is 9.47 Å². The lowest BCUT2D eigenvalue weighted by molar-refractivity contribution is -0.114. The molecule has 1 aliphatic rings. The summed E-state index contributed by atoms with van der Waals surface area (Å²) in [6, 6.07) is 3.53. The predicted octanol–water partition coefficient (Wildman–Crippen LogP) is 0.751. The lowest BCUT2D eigenvalue weighted by atomic mass is 10.4. The van der Waals surface area contributed by atoms with Gasteiger partial charge in [-0.05, 0) is 6.07 Å². The monoisotopic (exact) mass is 265 g/mol. The number of amides is 1. The highest BCUT2D eigenvalue weighted by molar-refractivity contribution is 5.88. The van der Waals surface area contributed by atoms with Crippen LogP contribution in [0.1, 0.15) is 6.92 Å². The largest absolute Gasteiger partial charge is 0.476 e. The Balaban J connectivity index is 1.71. The second-order valence-corrected chi connectivity index (χ2v) is 4.37. The quantitative estimate of drug-likeness (QED) is 0.851. The zero-order valence-electron chi connectivity index (χ0n) is 11.1. The van der Waals surface area contributed by atoms with Gasteiger partial charge < -0.3 is 14.8 Å². The first kappa shape index (κ1) is 13.8. The van der Waals surface area contributed by atoms with Gasteiger partial charge in [0, 0.05) is 32.6 Å². The molecule has 19 heavy (non-hydrogen) atoms. The van der Waals surface area contributed by atoms with Gasteiger partial charge in [-0.1, -0.05) is 0 Å². The molecule has 0 unspecified atom stereocenters. The van der Waals surface area contributed by atoms with Crippen LogP contribution in [0.25, 0.3) is 0 Å². The summed E-state index contributed by atoms with van der Waals surface area (Å²) < 4.78 is 10.8. The minimum absolute atomic E-state index is 0.109. The van der Waals surface area contributed by atoms with E-state index < -0.39 is 0 Å². The lowest BCUT2D eigenvalue weighted by Crippen LogP contribution is -2.38. The molecular weight excluding hydrogens is 246 g/mol. The van der Waals surface area contributed by atoms with Gasteiger partial charge in [-0.3, -0.25) is 9.69 Å². The number of ether oxygens (including phenoxy) is 2. The molecule has 0 bridgehead atoms. The third-order valence-electron chi connectivity index (χ3n) is 2.82. The maximum atomic E-state index is 10.9. The van der Waals surface area contributed by atoms with E-state index in [9.17, 15) is 4.79 Å². The summed E-state index contributed by atoms with van der Waals surface area (Å²) >= 11 is 0. The summed E-state index contributed by atoms with van der Waals surface area (Å²) in [5.74, 6) is 0.463. The van der Waals surface area contributed by atoms with Crippen molar-refractivity contribution in [1.82, 2.24) is 9.88 Å². The fraction of sp³-hybridized carbons (Fsp3) is 0.538. The molecule has 6 nitrogen and oxygen atoms in total. The highest BCUT2D eigenvalue weighted by atomic mass is 16.5. The molecule has 1 N–H and O–H groups in total. The number of nitrogens with zero attached hydrogens (tertiary/aromatic N) is 2. The highest BCUT2D eigenvalue weighted by Crippen LogP contribution is 2.11. The molecule has 1 saturated heterocycles. The number of pyridine rings is 1. The van der Waals surface area contributed by atoms with Crippen molar-refractivity contribution < 1.29 is 14.3 Å². The van der Waals surface area contributed by atoms with E-state index in [1.165, 1.54) is 6.92 Å². The van der Waals surface area contributed by atoms with Gasteiger partial charge >= 0.3 is 0 Å². The minimum atomic E-state index is -0.109. The van der Waals surface area contributed by atoms with Crippen molar-refractivity contribution in [3.8, 4) is 5.88 Å². The molecule has 2 heterocycles. The molecular formula is C13H19N3O3. The van der Waals surface area contributed by atoms with Gasteiger partial charge in [0.1, 0.15) is 6.61 Å². The maximum Gasteiger partial charge on any atom is 0.221 e. The standard InChI is InChI=1S/C13H19N3O3/c1-11(17)15-12-2-3-13(14-10-12)19-9-6-16-4-7-18-8-5-16/h2-3,10H,4-9H2,1H3,(H,15,17). The molecule has 0 spiro atoms. The molecule has 2 rings (SSSR count). The second-order valence-electron chi connectivity index (χ2n) is 4.37. The van der Waals surface area contributed by atoms with E-state index in [-0.39, 0.29) is 5.91 Å². The molecule has 0 aromatic carbocycles. The smallest absolute Gasteiger partial charge is 0.221 e. The van der Waals surface area contributed by atoms with Gasteiger partial charge in [0.25, 0.3) is 0 Å². The van der Waals surface area contributed by atoms with Gasteiger partial charge in [0.05, 0.1) is 25.1 Å². The average Bonchev–Trinajstić information content (AvgIpc) is 2.41. The van der Waals surface area contributed by atoms with Crippen molar-refractivity contribution in [2.75, 3.05) is 44.8 Å². The Morgan fingerprint density at radius 3 is 2.89 bits per heavy atom. The van der Waals surface area contributed by atoms with Crippen LogP contribution in [0.4, 0.5) is 5.69 Å². The van der Waals surface area contributed by atoms with Crippen LogP contribution in [0, 0.1) is 0 Å². The fourth-order valence-electron chi connectivity index (χ4n) is 1.85. The van der Waals surface area contributed by atoms with Crippen LogP contribution in [0.2, 0.25) is 0 Å². The van der Waals surface area contributed by atoms with Crippen LogP contribution in [0.15, 0.2) is 18.3 Å². The Kier molecular flexibility index (Phi) is 5.11. The van der Waals surface area contributed by atoms with Crippen molar-refractivity contribution in [3.05, 3.63) is 18.3 Å². The van der Waals surface area contributed by atoms with Crippen molar-refractivity contribution >= 4 is 11.6 Å². The predicted molar refractivity (Wildman–Crippen MR) is 71.3 cm³/mol. The molecule has 0 aliphatic carbocycles. The van der Waals surface area contributed by atoms with Crippen molar-refractivity contribution in [2.24, 2.45) is 0 Å². The van der Waals surface area contributed by atoms with E-state index in [1.807, 2.05) is 0 Å². The zero-order valence-corrected chi connectivity index (χ0v) is 11.1. The summed E-state index contributed by atoms with van der Waals surface area (Å²) in [6.07, 6.45) is 1.59. The Morgan fingerprint density at radius 2 is 2.26 bits per heavy atom. The summed E-state index contributed by atoms with van der Waals surface area (Å²) in [5.41, 5.74) is 0.674. The molecule has 0 saturated carbocycles. The molecule has 1 amide bonds. The SMILES string of the molecule is CC(=O)Nc1ccc(OCCN2CCOCC2)nc1. The lowest BCUT2D eigenvalue weighted by Gasteiger charge is -2.26. The number of hydrogen-bond donors (Lipinski definition) is 1. The van der Waals surface area contributed by atoms with Crippen LogP contribution < -0.4 is 10.1 Å². The summed E-state index contributed by atoms with van der Waals surface area (Å²) in [5, 5.41) is 2.66. The summed E-state index contributed by atoms with van der Waals surface area (Å²) in [4.78, 5) is 17.3. The molecule has 1 aromatic heterocycles. The second kappa shape index (κ2) is 7.06. The molecule has 6 heteroatoms. The Labute approximate surface area is 112 Å². The number of anilines is 1. The number of hydrogen-bond acceptors (Lipinski definition) is 5. The van der Waals surface area contributed by atoms with Gasteiger partial charge in [-0.2, -0.15) is 0 Å². The number of morpholine rings is 1. The molecule has 1 aromatic rings. The molecule has 1 aliphatic heterocycles. The minimum Gasteiger partial charge on any atom is -0.476 e. The zero-order chi connectivity index (χ0) is 13.5. The Bertz CT molecular complexity index is 402. The Morgan fingerprint density at radius 1 is 1.47 bits per heavy atom. The molecule has 104 valence electrons. The van der Waals surface area contributed by atoms with Crippen LogP contribution in [-0.2, 0) is 9.53 Å².